The van der Waals surface area contributed by atoms with Gasteiger partial charge < -0.3 is 14.8 Å². The molecule has 0 spiro atoms. The number of nitrogens with one attached hydrogen (secondary N) is 1. The lowest BCUT2D eigenvalue weighted by Crippen LogP contribution is -2.15. The molecule has 1 N–H and O–H groups in total. The Kier molecular flexibility index (Phi) is 4.94. The minimum atomic E-state index is -0.462. The van der Waals surface area contributed by atoms with Crippen molar-refractivity contribution in [2.24, 2.45) is 0 Å². The van der Waals surface area contributed by atoms with Gasteiger partial charge in [0, 0.05) is 0 Å². The van der Waals surface area contributed by atoms with Crippen LogP contribution in [0, 0.1) is 0 Å². The van der Waals surface area contributed by atoms with E-state index in [0.717, 1.165) is 11.3 Å². The Morgan fingerprint density at radius 2 is 1.86 bits per heavy atom. The molecule has 1 amide bonds. The third-order valence-electron chi connectivity index (χ3n) is 2.85. The number of amides is 1. The number of carbonyl (C=O) groups is 2. The molecule has 21 heavy (non-hydrogen) atoms. The summed E-state index contributed by atoms with van der Waals surface area (Å²) in [6.07, 6.45) is 0.225. The highest BCUT2D eigenvalue weighted by Gasteiger charge is 2.15. The van der Waals surface area contributed by atoms with Gasteiger partial charge >= 0.3 is 5.97 Å². The van der Waals surface area contributed by atoms with Gasteiger partial charge in [-0.2, -0.15) is 0 Å². The second-order valence-electron chi connectivity index (χ2n) is 4.23. The molecule has 2 aromatic rings. The molecule has 0 aliphatic rings. The van der Waals surface area contributed by atoms with Crippen molar-refractivity contribution in [2.75, 3.05) is 19.5 Å². The average Bonchev–Trinajstić information content (AvgIpc) is 2.95. The van der Waals surface area contributed by atoms with Crippen molar-refractivity contribution in [2.45, 2.75) is 6.42 Å². The third-order valence-corrected chi connectivity index (χ3v) is 3.68. The van der Waals surface area contributed by atoms with Gasteiger partial charge in [-0.05, 0) is 29.1 Å². The van der Waals surface area contributed by atoms with Crippen molar-refractivity contribution in [3.8, 4) is 5.75 Å². The molecule has 0 aliphatic carbocycles. The summed E-state index contributed by atoms with van der Waals surface area (Å²) in [6, 6.07) is 8.88. The first-order valence-corrected chi connectivity index (χ1v) is 7.10. The van der Waals surface area contributed by atoms with Gasteiger partial charge in [0.25, 0.3) is 0 Å². The van der Waals surface area contributed by atoms with E-state index in [4.69, 9.17) is 4.74 Å². The molecule has 0 atom stereocenters. The van der Waals surface area contributed by atoms with Crippen molar-refractivity contribution in [1.82, 2.24) is 0 Å². The van der Waals surface area contributed by atoms with E-state index in [1.807, 2.05) is 12.1 Å². The molecule has 0 fully saturated rings. The lowest BCUT2D eigenvalue weighted by molar-refractivity contribution is -0.115. The summed E-state index contributed by atoms with van der Waals surface area (Å²) in [6.45, 7) is 0. The number of esters is 1. The van der Waals surface area contributed by atoms with E-state index in [9.17, 15) is 9.59 Å². The molecule has 2 rings (SSSR count). The van der Waals surface area contributed by atoms with E-state index in [1.54, 1.807) is 30.7 Å². The van der Waals surface area contributed by atoms with Gasteiger partial charge in [0.2, 0.25) is 5.91 Å². The van der Waals surface area contributed by atoms with Crippen LogP contribution >= 0.6 is 11.3 Å². The van der Waals surface area contributed by atoms with E-state index in [0.29, 0.717) is 10.6 Å². The van der Waals surface area contributed by atoms with Crippen LogP contribution in [0.25, 0.3) is 0 Å². The number of ether oxygens (including phenoxy) is 2. The van der Waals surface area contributed by atoms with Gasteiger partial charge in [0.05, 0.1) is 26.2 Å². The summed E-state index contributed by atoms with van der Waals surface area (Å²) >= 11 is 1.29. The number of anilines is 1. The maximum Gasteiger partial charge on any atom is 0.340 e. The summed E-state index contributed by atoms with van der Waals surface area (Å²) in [5.41, 5.74) is 1.23. The van der Waals surface area contributed by atoms with E-state index < -0.39 is 5.97 Å². The summed E-state index contributed by atoms with van der Waals surface area (Å²) in [4.78, 5) is 23.5. The van der Waals surface area contributed by atoms with Crippen LogP contribution in [-0.4, -0.2) is 26.1 Å². The van der Waals surface area contributed by atoms with Gasteiger partial charge in [-0.15, -0.1) is 11.3 Å². The smallest absolute Gasteiger partial charge is 0.340 e. The van der Waals surface area contributed by atoms with Crippen molar-refractivity contribution in [3.05, 3.63) is 46.8 Å². The predicted molar refractivity (Wildman–Crippen MR) is 81.0 cm³/mol. The first kappa shape index (κ1) is 15.1. The van der Waals surface area contributed by atoms with Crippen LogP contribution in [0.2, 0.25) is 0 Å². The quantitative estimate of drug-likeness (QED) is 0.863. The highest BCUT2D eigenvalue weighted by atomic mass is 32.1. The van der Waals surface area contributed by atoms with E-state index in [-0.39, 0.29) is 12.3 Å². The normalized spacial score (nSPS) is 10.0. The van der Waals surface area contributed by atoms with E-state index in [1.165, 1.54) is 18.4 Å². The Morgan fingerprint density at radius 1 is 1.14 bits per heavy atom. The number of thiophene rings is 1. The van der Waals surface area contributed by atoms with Crippen molar-refractivity contribution < 1.29 is 19.1 Å². The number of methoxy groups -OCH3 is 2. The molecule has 0 aliphatic heterocycles. The van der Waals surface area contributed by atoms with Crippen LogP contribution < -0.4 is 10.1 Å². The summed E-state index contributed by atoms with van der Waals surface area (Å²) in [5.74, 6) is 0.0918. The molecule has 110 valence electrons. The topological polar surface area (TPSA) is 64.6 Å². The molecule has 1 heterocycles. The standard InChI is InChI=1S/C15H15NO4S/c1-19-11-5-3-10(4-6-11)9-13(17)16-14-12(7-8-21-14)15(18)20-2/h3-8H,9H2,1-2H3,(H,16,17). The van der Waals surface area contributed by atoms with Gasteiger partial charge in [-0.3, -0.25) is 4.79 Å². The van der Waals surface area contributed by atoms with Gasteiger partial charge in [-0.25, -0.2) is 4.79 Å². The molecule has 0 bridgehead atoms. The third kappa shape index (κ3) is 3.82. The molecule has 0 saturated heterocycles. The van der Waals surface area contributed by atoms with Gasteiger partial charge in [0.15, 0.2) is 0 Å². The van der Waals surface area contributed by atoms with Gasteiger partial charge in [0.1, 0.15) is 10.8 Å². The van der Waals surface area contributed by atoms with Gasteiger partial charge in [-0.1, -0.05) is 12.1 Å². The maximum atomic E-state index is 12.0. The zero-order valence-corrected chi connectivity index (χ0v) is 12.5. The molecule has 6 heteroatoms. The molecule has 0 saturated carbocycles. The van der Waals surface area contributed by atoms with Crippen LogP contribution in [0.1, 0.15) is 15.9 Å². The number of hydrogen-bond donors (Lipinski definition) is 1. The first-order valence-electron chi connectivity index (χ1n) is 6.22. The van der Waals surface area contributed by atoms with Crippen molar-refractivity contribution in [1.29, 1.82) is 0 Å². The van der Waals surface area contributed by atoms with Crippen LogP contribution in [0.3, 0.4) is 0 Å². The Labute approximate surface area is 126 Å². The fourth-order valence-corrected chi connectivity index (χ4v) is 2.57. The molecule has 0 unspecified atom stereocenters. The fraction of sp³-hybridized carbons (Fsp3) is 0.200. The van der Waals surface area contributed by atoms with Crippen LogP contribution in [0.4, 0.5) is 5.00 Å². The molecular formula is C15H15NO4S. The molecule has 0 radical (unpaired) electrons. The predicted octanol–water partition coefficient (Wildman–Crippen LogP) is 2.72. The first-order chi connectivity index (χ1) is 10.1. The molecule has 1 aromatic carbocycles. The highest BCUT2D eigenvalue weighted by molar-refractivity contribution is 7.14. The summed E-state index contributed by atoms with van der Waals surface area (Å²) in [5, 5.41) is 4.96. The van der Waals surface area contributed by atoms with Crippen molar-refractivity contribution in [3.63, 3.8) is 0 Å². The number of hydrogen-bond acceptors (Lipinski definition) is 5. The lowest BCUT2D eigenvalue weighted by Gasteiger charge is -2.06. The van der Waals surface area contributed by atoms with Crippen LogP contribution in [-0.2, 0) is 16.0 Å². The Bertz CT molecular complexity index is 633. The zero-order chi connectivity index (χ0) is 15.2. The number of carbonyl (C=O) groups excluding carboxylic acids is 2. The Morgan fingerprint density at radius 3 is 2.48 bits per heavy atom. The minimum Gasteiger partial charge on any atom is -0.497 e. The SMILES string of the molecule is COC(=O)c1ccsc1NC(=O)Cc1ccc(OC)cc1. The monoisotopic (exact) mass is 305 g/mol. The Balaban J connectivity index is 2.01. The zero-order valence-electron chi connectivity index (χ0n) is 11.7. The second-order valence-corrected chi connectivity index (χ2v) is 5.14. The number of rotatable bonds is 5. The summed E-state index contributed by atoms with van der Waals surface area (Å²) < 4.78 is 9.73. The maximum absolute atomic E-state index is 12.0. The summed E-state index contributed by atoms with van der Waals surface area (Å²) in [7, 11) is 2.90. The molecule has 1 aromatic heterocycles. The molecule has 5 nitrogen and oxygen atoms in total. The molecular weight excluding hydrogens is 290 g/mol. The largest absolute Gasteiger partial charge is 0.497 e. The average molecular weight is 305 g/mol. The second kappa shape index (κ2) is 6.90. The highest BCUT2D eigenvalue weighted by Crippen LogP contribution is 2.24. The lowest BCUT2D eigenvalue weighted by atomic mass is 10.1. The van der Waals surface area contributed by atoms with Crippen LogP contribution in [0.15, 0.2) is 35.7 Å². The Hall–Kier alpha value is -2.34. The minimum absolute atomic E-state index is 0.187. The van der Waals surface area contributed by atoms with Crippen LogP contribution in [0.5, 0.6) is 5.75 Å². The van der Waals surface area contributed by atoms with E-state index in [2.05, 4.69) is 10.1 Å². The van der Waals surface area contributed by atoms with Crippen molar-refractivity contribution >= 4 is 28.2 Å². The number of benzene rings is 1. The van der Waals surface area contributed by atoms with E-state index >= 15 is 0 Å². The fourth-order valence-electron chi connectivity index (χ4n) is 1.78.